The predicted molar refractivity (Wildman–Crippen MR) is 50.1 cm³/mol. The molecule has 1 aliphatic heterocycles. The van der Waals surface area contributed by atoms with Crippen molar-refractivity contribution in [3.63, 3.8) is 0 Å². The van der Waals surface area contributed by atoms with Gasteiger partial charge >= 0.3 is 0 Å². The lowest BCUT2D eigenvalue weighted by molar-refractivity contribution is -0.709. The van der Waals surface area contributed by atoms with E-state index in [-0.39, 0.29) is 0 Å². The Labute approximate surface area is 73.6 Å². The zero-order valence-corrected chi connectivity index (χ0v) is 8.10. The van der Waals surface area contributed by atoms with Crippen LogP contribution in [0.5, 0.6) is 0 Å². The van der Waals surface area contributed by atoms with E-state index in [0.29, 0.717) is 5.38 Å². The van der Waals surface area contributed by atoms with Gasteiger partial charge in [0, 0.05) is 5.38 Å². The molecule has 0 aliphatic carbocycles. The molecule has 1 heterocycles. The lowest BCUT2D eigenvalue weighted by Gasteiger charge is -1.87. The fraction of sp³-hybridized carbons (Fsp3) is 0.625. The fourth-order valence-corrected chi connectivity index (χ4v) is 0.364. The maximum Gasteiger partial charge on any atom is 0.192 e. The molecule has 0 amide bonds. The van der Waals surface area contributed by atoms with E-state index in [1.807, 2.05) is 26.5 Å². The predicted octanol–water partition coefficient (Wildman–Crippen LogP) is 1.04. The van der Waals surface area contributed by atoms with Crippen LogP contribution < -0.4 is 4.90 Å². The number of nitrogens with zero attached hydrogens (tertiary/aromatic N) is 1. The molecule has 0 saturated heterocycles. The summed E-state index contributed by atoms with van der Waals surface area (Å²) < 4.78 is 0. The van der Waals surface area contributed by atoms with Crippen molar-refractivity contribution in [3.8, 4) is 0 Å². The number of rotatable bonds is 1. The van der Waals surface area contributed by atoms with Crippen LogP contribution in [-0.4, -0.2) is 18.8 Å². The third kappa shape index (κ3) is 7.56. The second-order valence-corrected chi connectivity index (χ2v) is 3.27. The van der Waals surface area contributed by atoms with Crippen LogP contribution in [0, 0.1) is 0 Å². The highest BCUT2D eigenvalue weighted by Gasteiger charge is 1.91. The summed E-state index contributed by atoms with van der Waals surface area (Å²) in [6, 6.07) is 0. The zero-order chi connectivity index (χ0) is 8.69. The van der Waals surface area contributed by atoms with Gasteiger partial charge in [-0.05, 0) is 13.3 Å². The van der Waals surface area contributed by atoms with Gasteiger partial charge in [0.15, 0.2) is 6.34 Å². The molecule has 0 aromatic carbocycles. The molecule has 11 heavy (non-hydrogen) atoms. The molecule has 0 bridgehead atoms. The van der Waals surface area contributed by atoms with Gasteiger partial charge in [0.2, 0.25) is 0 Å². The van der Waals surface area contributed by atoms with Crippen LogP contribution in [0.1, 0.15) is 20.3 Å². The van der Waals surface area contributed by atoms with Crippen molar-refractivity contribution in [2.24, 2.45) is 4.99 Å². The van der Waals surface area contributed by atoms with Crippen LogP contribution in [0.4, 0.5) is 0 Å². The van der Waals surface area contributed by atoms with Crippen molar-refractivity contribution in [2.75, 3.05) is 7.05 Å². The molecule has 3 heteroatoms. The quantitative estimate of drug-likeness (QED) is 0.574. The first-order valence-corrected chi connectivity index (χ1v) is 4.27. The Kier molecular flexibility index (Phi) is 6.18. The first-order valence-electron chi connectivity index (χ1n) is 3.84. The summed E-state index contributed by atoms with van der Waals surface area (Å²) >= 11 is 5.46. The van der Waals surface area contributed by atoms with Gasteiger partial charge in [0.25, 0.3) is 0 Å². The summed E-state index contributed by atoms with van der Waals surface area (Å²) in [6.07, 6.45) is 6.66. The Hall–Kier alpha value is -0.340. The molecule has 0 radical (unpaired) electrons. The van der Waals surface area contributed by atoms with Gasteiger partial charge in [-0.2, -0.15) is 0 Å². The van der Waals surface area contributed by atoms with E-state index in [9.17, 15) is 0 Å². The Bertz CT molecular complexity index is 129. The third-order valence-corrected chi connectivity index (χ3v) is 1.57. The van der Waals surface area contributed by atoms with E-state index in [0.717, 1.165) is 6.42 Å². The average Bonchev–Trinajstić information content (AvgIpc) is 2.41. The summed E-state index contributed by atoms with van der Waals surface area (Å²) in [5.41, 5.74) is 0. The molecule has 64 valence electrons. The van der Waals surface area contributed by atoms with Crippen LogP contribution in [0.25, 0.3) is 0 Å². The molecule has 2 atom stereocenters. The van der Waals surface area contributed by atoms with E-state index in [1.54, 1.807) is 6.20 Å². The minimum atomic E-state index is 0.356. The van der Waals surface area contributed by atoms with Crippen molar-refractivity contribution < 1.29 is 4.90 Å². The maximum atomic E-state index is 5.46. The molecule has 2 unspecified atom stereocenters. The second-order valence-electron chi connectivity index (χ2n) is 2.53. The summed E-state index contributed by atoms with van der Waals surface area (Å²) in [6.45, 7) is 4.05. The van der Waals surface area contributed by atoms with Gasteiger partial charge in [-0.3, -0.25) is 4.90 Å². The first-order chi connectivity index (χ1) is 5.16. The van der Waals surface area contributed by atoms with E-state index in [4.69, 9.17) is 11.6 Å². The highest BCUT2D eigenvalue weighted by Crippen LogP contribution is 1.95. The monoisotopic (exact) mass is 175 g/mol. The van der Waals surface area contributed by atoms with E-state index >= 15 is 0 Å². The van der Waals surface area contributed by atoms with Crippen molar-refractivity contribution in [1.29, 1.82) is 0 Å². The SMILES string of the molecule is CCC(C)Cl.C[NH+]1C=CN=C1. The largest absolute Gasteiger partial charge is 0.267 e. The normalized spacial score (nSPS) is 22.7. The van der Waals surface area contributed by atoms with E-state index in [1.165, 1.54) is 4.90 Å². The molecule has 1 rings (SSSR count). The van der Waals surface area contributed by atoms with Gasteiger partial charge in [0.1, 0.15) is 6.20 Å². The van der Waals surface area contributed by atoms with Crippen molar-refractivity contribution >= 4 is 17.9 Å². The van der Waals surface area contributed by atoms with Gasteiger partial charge in [-0.1, -0.05) is 6.92 Å². The van der Waals surface area contributed by atoms with Crippen LogP contribution in [0.2, 0.25) is 0 Å². The van der Waals surface area contributed by atoms with Gasteiger partial charge in [-0.25, -0.2) is 4.99 Å². The van der Waals surface area contributed by atoms with Crippen LogP contribution in [-0.2, 0) is 0 Å². The number of quaternary nitrogens is 1. The molecule has 0 fully saturated rings. The molecule has 2 nitrogen and oxygen atoms in total. The number of nitrogens with one attached hydrogen (secondary N) is 1. The molecule has 0 spiro atoms. The topological polar surface area (TPSA) is 16.8 Å². The van der Waals surface area contributed by atoms with E-state index in [2.05, 4.69) is 11.9 Å². The van der Waals surface area contributed by atoms with E-state index < -0.39 is 0 Å². The average molecular weight is 176 g/mol. The van der Waals surface area contributed by atoms with Gasteiger partial charge < -0.3 is 0 Å². The number of halogens is 1. The fourth-order valence-electron chi connectivity index (χ4n) is 0.364. The molecular formula is C8H16ClN2+. The zero-order valence-electron chi connectivity index (χ0n) is 7.34. The highest BCUT2D eigenvalue weighted by atomic mass is 35.5. The maximum absolute atomic E-state index is 5.46. The molecule has 1 N–H and O–H groups in total. The molecule has 0 aromatic rings. The molecule has 1 aliphatic rings. The Morgan fingerprint density at radius 3 is 2.27 bits per heavy atom. The Morgan fingerprint density at radius 2 is 2.18 bits per heavy atom. The van der Waals surface area contributed by atoms with Gasteiger partial charge in [-0.15, -0.1) is 11.6 Å². The summed E-state index contributed by atoms with van der Waals surface area (Å²) in [4.78, 5) is 5.05. The first kappa shape index (κ1) is 10.7. The highest BCUT2D eigenvalue weighted by molar-refractivity contribution is 6.20. The van der Waals surface area contributed by atoms with Crippen LogP contribution in [0.3, 0.4) is 0 Å². The standard InChI is InChI=1S/C4H9Cl.C4H6N2/c1-3-4(2)5;1-6-3-2-5-4-6/h4H,3H2,1-2H3;2-4H,1H3/p+1. The molecule has 0 saturated carbocycles. The summed E-state index contributed by atoms with van der Waals surface area (Å²) in [5, 5.41) is 0.356. The van der Waals surface area contributed by atoms with Crippen molar-refractivity contribution in [1.82, 2.24) is 0 Å². The Balaban J connectivity index is 0.000000187. The third-order valence-electron chi connectivity index (χ3n) is 1.26. The minimum Gasteiger partial charge on any atom is -0.267 e. The van der Waals surface area contributed by atoms with Gasteiger partial charge in [0.05, 0.1) is 13.2 Å². The van der Waals surface area contributed by atoms with Crippen LogP contribution >= 0.6 is 11.6 Å². The number of aliphatic imine (C=N–C) groups is 1. The minimum absolute atomic E-state index is 0.356. The Morgan fingerprint density at radius 1 is 1.64 bits per heavy atom. The number of hydrogen-bond acceptors (Lipinski definition) is 1. The van der Waals surface area contributed by atoms with Crippen LogP contribution in [0.15, 0.2) is 17.4 Å². The summed E-state index contributed by atoms with van der Waals surface area (Å²) in [7, 11) is 2.02. The number of hydrogen-bond donors (Lipinski definition) is 1. The smallest absolute Gasteiger partial charge is 0.192 e. The van der Waals surface area contributed by atoms with Crippen molar-refractivity contribution in [3.05, 3.63) is 12.4 Å². The second kappa shape index (κ2) is 6.38. The number of alkyl halides is 1. The molecular weight excluding hydrogens is 160 g/mol. The summed E-state index contributed by atoms with van der Waals surface area (Å²) in [5.74, 6) is 0. The van der Waals surface area contributed by atoms with Crippen molar-refractivity contribution in [2.45, 2.75) is 25.6 Å². The molecule has 0 aromatic heterocycles. The lowest BCUT2D eigenvalue weighted by atomic mass is 10.4. The lowest BCUT2D eigenvalue weighted by Crippen LogP contribution is -3.01.